The molecule has 2 rings (SSSR count). The molecule has 0 saturated heterocycles. The van der Waals surface area contributed by atoms with Crippen molar-refractivity contribution in [3.63, 3.8) is 0 Å². The van der Waals surface area contributed by atoms with Crippen LogP contribution in [0.3, 0.4) is 0 Å². The number of hydrogen-bond acceptors (Lipinski definition) is 2. The molecule has 0 fully saturated rings. The van der Waals surface area contributed by atoms with Gasteiger partial charge in [0.25, 0.3) is 0 Å². The van der Waals surface area contributed by atoms with E-state index in [2.05, 4.69) is 21.5 Å². The van der Waals surface area contributed by atoms with Crippen molar-refractivity contribution in [1.82, 2.24) is 14.5 Å². The molecular weight excluding hydrogens is 162 g/mol. The van der Waals surface area contributed by atoms with Crippen LogP contribution in [-0.4, -0.2) is 14.5 Å². The number of nitrogens with zero attached hydrogens (tertiary/aromatic N) is 3. The topological polar surface area (TPSA) is 30.7 Å². The summed E-state index contributed by atoms with van der Waals surface area (Å²) in [5.41, 5.74) is 1.93. The highest BCUT2D eigenvalue weighted by Gasteiger charge is 1.98. The van der Waals surface area contributed by atoms with Gasteiger partial charge in [0.2, 0.25) is 0 Å². The highest BCUT2D eigenvalue weighted by atomic mass is 15.1. The molecule has 0 aromatic carbocycles. The molecule has 0 unspecified atom stereocenters. The molecule has 0 aliphatic rings. The first-order chi connectivity index (χ1) is 6.42. The minimum absolute atomic E-state index is 0.828. The molecule has 3 nitrogen and oxygen atoms in total. The van der Waals surface area contributed by atoms with Gasteiger partial charge in [-0.25, -0.2) is 9.97 Å². The van der Waals surface area contributed by atoms with E-state index in [0.717, 1.165) is 17.7 Å². The number of rotatable bonds is 1. The summed E-state index contributed by atoms with van der Waals surface area (Å²) >= 11 is 0. The molecule has 0 amide bonds. The zero-order valence-electron chi connectivity index (χ0n) is 8.36. The molecule has 3 heteroatoms. The van der Waals surface area contributed by atoms with Crippen LogP contribution in [-0.2, 0) is 6.54 Å². The average molecular weight is 177 g/mol. The van der Waals surface area contributed by atoms with Gasteiger partial charge in [0.15, 0.2) is 5.65 Å². The van der Waals surface area contributed by atoms with Crippen molar-refractivity contribution in [3.05, 3.63) is 24.7 Å². The maximum Gasteiger partial charge on any atom is 0.177 e. The first-order valence-electron chi connectivity index (χ1n) is 4.67. The predicted octanol–water partition coefficient (Wildman–Crippen LogP) is 2.48. The zero-order chi connectivity index (χ0) is 9.68. The largest absolute Gasteiger partial charge is 0.330 e. The van der Waals surface area contributed by atoms with Crippen LogP contribution in [0.4, 0.5) is 0 Å². The summed E-state index contributed by atoms with van der Waals surface area (Å²) in [6.07, 6.45) is 3.58. The Morgan fingerprint density at radius 3 is 2.77 bits per heavy atom. The second-order valence-corrected chi connectivity index (χ2v) is 2.38. The molecule has 0 aliphatic heterocycles. The minimum Gasteiger partial charge on any atom is -0.330 e. The van der Waals surface area contributed by atoms with Crippen LogP contribution < -0.4 is 0 Å². The van der Waals surface area contributed by atoms with Crippen molar-refractivity contribution in [2.75, 3.05) is 0 Å². The number of hydrogen-bond donors (Lipinski definition) is 0. The Bertz CT molecular complexity index is 365. The summed E-state index contributed by atoms with van der Waals surface area (Å²) in [6.45, 7) is 7.04. The number of aryl methyl sites for hydroxylation is 1. The molecule has 2 aromatic rings. The monoisotopic (exact) mass is 177 g/mol. The van der Waals surface area contributed by atoms with E-state index in [4.69, 9.17) is 0 Å². The first kappa shape index (κ1) is 9.71. The number of imidazole rings is 1. The Hall–Kier alpha value is -1.38. The molecule has 0 radical (unpaired) electrons. The first-order valence-corrected chi connectivity index (χ1v) is 4.67. The molecule has 0 bridgehead atoms. The molecule has 0 saturated carbocycles. The van der Waals surface area contributed by atoms with Gasteiger partial charge >= 0.3 is 0 Å². The van der Waals surface area contributed by atoms with E-state index in [1.165, 1.54) is 0 Å². The molecule has 70 valence electrons. The van der Waals surface area contributed by atoms with Gasteiger partial charge in [-0.3, -0.25) is 0 Å². The van der Waals surface area contributed by atoms with Crippen molar-refractivity contribution >= 4 is 11.2 Å². The molecule has 2 aromatic heterocycles. The fourth-order valence-electron chi connectivity index (χ4n) is 1.15. The van der Waals surface area contributed by atoms with Crippen molar-refractivity contribution < 1.29 is 0 Å². The van der Waals surface area contributed by atoms with Crippen LogP contribution in [0, 0.1) is 0 Å². The summed E-state index contributed by atoms with van der Waals surface area (Å²) in [6, 6.07) is 3.95. The van der Waals surface area contributed by atoms with Crippen LogP contribution >= 0.6 is 0 Å². The van der Waals surface area contributed by atoms with Gasteiger partial charge in [-0.05, 0) is 19.1 Å². The van der Waals surface area contributed by atoms with Gasteiger partial charge in [-0.15, -0.1) is 0 Å². The lowest BCUT2D eigenvalue weighted by Gasteiger charge is -1.95. The molecule has 13 heavy (non-hydrogen) atoms. The van der Waals surface area contributed by atoms with E-state index in [9.17, 15) is 0 Å². The van der Waals surface area contributed by atoms with Gasteiger partial charge in [0.1, 0.15) is 0 Å². The van der Waals surface area contributed by atoms with Crippen LogP contribution in [0.15, 0.2) is 24.7 Å². The van der Waals surface area contributed by atoms with Crippen molar-refractivity contribution in [3.8, 4) is 0 Å². The van der Waals surface area contributed by atoms with Crippen LogP contribution in [0.1, 0.15) is 20.8 Å². The molecular formula is C10H15N3. The smallest absolute Gasteiger partial charge is 0.177 e. The van der Waals surface area contributed by atoms with E-state index >= 15 is 0 Å². The Morgan fingerprint density at radius 1 is 1.31 bits per heavy atom. The summed E-state index contributed by atoms with van der Waals surface area (Å²) in [5, 5.41) is 0. The maximum atomic E-state index is 4.14. The van der Waals surface area contributed by atoms with Gasteiger partial charge in [-0.2, -0.15) is 0 Å². The zero-order valence-corrected chi connectivity index (χ0v) is 8.36. The second kappa shape index (κ2) is 4.60. The van der Waals surface area contributed by atoms with E-state index in [0.29, 0.717) is 0 Å². The number of aromatic nitrogens is 3. The fourth-order valence-corrected chi connectivity index (χ4v) is 1.15. The lowest BCUT2D eigenvalue weighted by Crippen LogP contribution is -1.89. The number of fused-ring (bicyclic) bond motifs is 1. The minimum atomic E-state index is 0.828. The third-order valence-electron chi connectivity index (χ3n) is 1.74. The Morgan fingerprint density at radius 2 is 2.08 bits per heavy atom. The van der Waals surface area contributed by atoms with Gasteiger partial charge in [-0.1, -0.05) is 13.8 Å². The Kier molecular flexibility index (Phi) is 3.43. The molecule has 0 N–H and O–H groups in total. The highest BCUT2D eigenvalue weighted by molar-refractivity contribution is 5.70. The van der Waals surface area contributed by atoms with E-state index in [1.54, 1.807) is 6.20 Å². The van der Waals surface area contributed by atoms with Gasteiger partial charge in [0.05, 0.1) is 11.8 Å². The lowest BCUT2D eigenvalue weighted by molar-refractivity contribution is 0.787. The van der Waals surface area contributed by atoms with Crippen molar-refractivity contribution in [2.24, 2.45) is 0 Å². The fraction of sp³-hybridized carbons (Fsp3) is 0.400. The number of pyridine rings is 1. The Labute approximate surface area is 78.4 Å². The highest BCUT2D eigenvalue weighted by Crippen LogP contribution is 2.07. The third kappa shape index (κ3) is 1.86. The van der Waals surface area contributed by atoms with Crippen LogP contribution in [0.5, 0.6) is 0 Å². The standard InChI is InChI=1S/C8H9N3.C2H6/c1-2-11-6-10-8-7(11)4-3-5-9-8;1-2/h3-6H,2H2,1H3;1-2H3. The van der Waals surface area contributed by atoms with Crippen molar-refractivity contribution in [2.45, 2.75) is 27.3 Å². The average Bonchev–Trinajstić information content (AvgIpc) is 2.64. The normalized spacial score (nSPS) is 9.46. The van der Waals surface area contributed by atoms with E-state index in [1.807, 2.05) is 32.3 Å². The summed E-state index contributed by atoms with van der Waals surface area (Å²) in [4.78, 5) is 8.26. The predicted molar refractivity (Wildman–Crippen MR) is 54.6 cm³/mol. The summed E-state index contributed by atoms with van der Waals surface area (Å²) in [5.74, 6) is 0. The van der Waals surface area contributed by atoms with Crippen LogP contribution in [0.2, 0.25) is 0 Å². The molecule has 0 aliphatic carbocycles. The molecule has 2 heterocycles. The van der Waals surface area contributed by atoms with Crippen LogP contribution in [0.25, 0.3) is 11.2 Å². The quantitative estimate of drug-likeness (QED) is 0.670. The van der Waals surface area contributed by atoms with E-state index < -0.39 is 0 Å². The Balaban J connectivity index is 0.000000396. The lowest BCUT2D eigenvalue weighted by atomic mass is 10.4. The summed E-state index contributed by atoms with van der Waals surface area (Å²) in [7, 11) is 0. The van der Waals surface area contributed by atoms with Gasteiger partial charge < -0.3 is 4.57 Å². The second-order valence-electron chi connectivity index (χ2n) is 2.38. The van der Waals surface area contributed by atoms with Crippen molar-refractivity contribution in [1.29, 1.82) is 0 Å². The SMILES string of the molecule is CC.CCn1cnc2ncccc21. The molecule has 0 atom stereocenters. The maximum absolute atomic E-state index is 4.14. The van der Waals surface area contributed by atoms with Gasteiger partial charge in [0, 0.05) is 12.7 Å². The molecule has 0 spiro atoms. The third-order valence-corrected chi connectivity index (χ3v) is 1.74. The van der Waals surface area contributed by atoms with E-state index in [-0.39, 0.29) is 0 Å². The summed E-state index contributed by atoms with van der Waals surface area (Å²) < 4.78 is 2.07.